The molecule has 1 unspecified atom stereocenters. The molecule has 0 amide bonds. The Kier molecular flexibility index (Phi) is 16.9. The van der Waals surface area contributed by atoms with Gasteiger partial charge in [-0.15, -0.1) is 0 Å². The quantitative estimate of drug-likeness (QED) is 0.178. The topological polar surface area (TPSA) is 93.1 Å². The van der Waals surface area contributed by atoms with Crippen LogP contribution >= 0.6 is 0 Å². The number of hydrogen-bond acceptors (Lipinski definition) is 4. The van der Waals surface area contributed by atoms with Crippen molar-refractivity contribution in [1.29, 1.82) is 0 Å². The first-order chi connectivity index (χ1) is 12.6. The van der Waals surface area contributed by atoms with Crippen molar-refractivity contribution < 1.29 is 29.3 Å². The molecule has 1 atom stereocenters. The molecule has 0 heterocycles. The number of carbonyl (C=O) groups is 2. The van der Waals surface area contributed by atoms with E-state index in [-0.39, 0.29) is 0 Å². The van der Waals surface area contributed by atoms with E-state index in [1.807, 2.05) is 0 Å². The van der Waals surface area contributed by atoms with E-state index in [4.69, 9.17) is 10.2 Å². The van der Waals surface area contributed by atoms with Crippen LogP contribution in [0.1, 0.15) is 84.0 Å². The van der Waals surface area contributed by atoms with Crippen molar-refractivity contribution in [2.45, 2.75) is 84.0 Å². The predicted octanol–water partition coefficient (Wildman–Crippen LogP) is 6.25. The van der Waals surface area contributed by atoms with Crippen LogP contribution in [0.5, 0.6) is 0 Å². The van der Waals surface area contributed by atoms with Gasteiger partial charge >= 0.3 is 12.3 Å². The molecule has 0 rings (SSSR count). The van der Waals surface area contributed by atoms with Crippen molar-refractivity contribution in [2.75, 3.05) is 13.2 Å². The highest BCUT2D eigenvalue weighted by molar-refractivity contribution is 5.56. The van der Waals surface area contributed by atoms with Crippen molar-refractivity contribution in [1.82, 2.24) is 0 Å². The van der Waals surface area contributed by atoms with Crippen LogP contribution in [0.3, 0.4) is 0 Å². The van der Waals surface area contributed by atoms with Gasteiger partial charge in [0.05, 0.1) is 13.2 Å². The monoisotopic (exact) mass is 372 g/mol. The maximum absolute atomic E-state index is 10.2. The minimum atomic E-state index is -1.19. The molecule has 0 aliphatic heterocycles. The molecule has 2 N–H and O–H groups in total. The predicted molar refractivity (Wildman–Crippen MR) is 102 cm³/mol. The molecule has 26 heavy (non-hydrogen) atoms. The third kappa shape index (κ3) is 18.6. The Morgan fingerprint density at radius 1 is 0.808 bits per heavy atom. The van der Waals surface area contributed by atoms with Gasteiger partial charge < -0.3 is 19.7 Å². The van der Waals surface area contributed by atoms with E-state index < -0.39 is 12.3 Å². The molecular weight excluding hydrogens is 336 g/mol. The molecule has 0 saturated carbocycles. The Labute approximate surface area is 157 Å². The summed E-state index contributed by atoms with van der Waals surface area (Å²) in [7, 11) is 0. The minimum Gasteiger partial charge on any atom is -0.450 e. The van der Waals surface area contributed by atoms with E-state index >= 15 is 0 Å². The third-order valence-electron chi connectivity index (χ3n) is 4.44. The van der Waals surface area contributed by atoms with Crippen LogP contribution in [0.15, 0.2) is 12.2 Å². The molecule has 0 aliphatic carbocycles. The second-order valence-corrected chi connectivity index (χ2v) is 6.62. The van der Waals surface area contributed by atoms with Crippen LogP contribution in [0, 0.1) is 5.92 Å². The van der Waals surface area contributed by atoms with E-state index in [2.05, 4.69) is 28.5 Å². The van der Waals surface area contributed by atoms with Crippen molar-refractivity contribution in [2.24, 2.45) is 5.92 Å². The van der Waals surface area contributed by atoms with Gasteiger partial charge in [0.1, 0.15) is 0 Å². The Hall–Kier alpha value is -1.72. The van der Waals surface area contributed by atoms with Gasteiger partial charge in [-0.25, -0.2) is 9.59 Å². The lowest BCUT2D eigenvalue weighted by atomic mass is 9.94. The highest BCUT2D eigenvalue weighted by Gasteiger charge is 2.04. The molecule has 152 valence electrons. The lowest BCUT2D eigenvalue weighted by molar-refractivity contribution is 0.0887. The molecular formula is C20H36O6. The second-order valence-electron chi connectivity index (χ2n) is 6.62. The smallest absolute Gasteiger partial charge is 0.450 e. The zero-order chi connectivity index (χ0) is 19.5. The van der Waals surface area contributed by atoms with E-state index in [0.717, 1.165) is 63.7 Å². The maximum atomic E-state index is 10.2. The Morgan fingerprint density at radius 3 is 1.88 bits per heavy atom. The van der Waals surface area contributed by atoms with E-state index in [9.17, 15) is 9.59 Å². The normalized spacial score (nSPS) is 12.2. The number of carboxylic acid groups (broad SMARTS) is 2. The summed E-state index contributed by atoms with van der Waals surface area (Å²) in [5.41, 5.74) is 0. The summed E-state index contributed by atoms with van der Waals surface area (Å²) < 4.78 is 8.96. The van der Waals surface area contributed by atoms with Crippen molar-refractivity contribution in [3.8, 4) is 0 Å². The van der Waals surface area contributed by atoms with Crippen LogP contribution in [-0.4, -0.2) is 35.7 Å². The summed E-state index contributed by atoms with van der Waals surface area (Å²) >= 11 is 0. The van der Waals surface area contributed by atoms with Crippen molar-refractivity contribution in [3.05, 3.63) is 12.2 Å². The molecule has 0 aromatic heterocycles. The molecule has 0 radical (unpaired) electrons. The fraction of sp³-hybridized carbons (Fsp3) is 0.800. The largest absolute Gasteiger partial charge is 0.505 e. The van der Waals surface area contributed by atoms with E-state index in [0.29, 0.717) is 13.2 Å². The van der Waals surface area contributed by atoms with Crippen LogP contribution < -0.4 is 0 Å². The lowest BCUT2D eigenvalue weighted by Gasteiger charge is -2.12. The summed E-state index contributed by atoms with van der Waals surface area (Å²) in [6.45, 7) is 2.84. The molecule has 0 aromatic rings. The number of allylic oxidation sites excluding steroid dienone is 2. The second kappa shape index (κ2) is 18.1. The molecule has 0 saturated heterocycles. The third-order valence-corrected chi connectivity index (χ3v) is 4.44. The van der Waals surface area contributed by atoms with Crippen molar-refractivity contribution >= 4 is 12.3 Å². The van der Waals surface area contributed by atoms with Crippen LogP contribution in [0.25, 0.3) is 0 Å². The fourth-order valence-corrected chi connectivity index (χ4v) is 2.82. The van der Waals surface area contributed by atoms with Crippen LogP contribution in [0.2, 0.25) is 0 Å². The van der Waals surface area contributed by atoms with Gasteiger partial charge in [0.25, 0.3) is 0 Å². The average molecular weight is 373 g/mol. The highest BCUT2D eigenvalue weighted by Crippen LogP contribution is 2.18. The number of unbranched alkanes of at least 4 members (excludes halogenated alkanes) is 7. The molecule has 6 heteroatoms. The van der Waals surface area contributed by atoms with Gasteiger partial charge in [0, 0.05) is 0 Å². The highest BCUT2D eigenvalue weighted by atomic mass is 16.7. The first kappa shape index (κ1) is 24.3. The zero-order valence-electron chi connectivity index (χ0n) is 16.2. The van der Waals surface area contributed by atoms with Gasteiger partial charge in [-0.3, -0.25) is 0 Å². The number of ether oxygens (including phenoxy) is 2. The summed E-state index contributed by atoms with van der Waals surface area (Å²) in [5.74, 6) is 0.731. The van der Waals surface area contributed by atoms with Gasteiger partial charge in [0.2, 0.25) is 0 Å². The van der Waals surface area contributed by atoms with Crippen molar-refractivity contribution in [3.63, 3.8) is 0 Å². The average Bonchev–Trinajstić information content (AvgIpc) is 2.60. The van der Waals surface area contributed by atoms with E-state index in [1.165, 1.54) is 19.3 Å². The van der Waals surface area contributed by atoms with Gasteiger partial charge in [-0.1, -0.05) is 64.0 Å². The van der Waals surface area contributed by atoms with E-state index in [1.54, 1.807) is 0 Å². The van der Waals surface area contributed by atoms with Gasteiger partial charge in [-0.2, -0.15) is 0 Å². The van der Waals surface area contributed by atoms with Gasteiger partial charge in [-0.05, 0) is 38.0 Å². The number of hydrogen-bond donors (Lipinski definition) is 2. The molecule has 0 spiro atoms. The Morgan fingerprint density at radius 2 is 1.35 bits per heavy atom. The maximum Gasteiger partial charge on any atom is 0.505 e. The Balaban J connectivity index is 3.46. The standard InChI is InChI=1S/C20H36O6/c1-2-18(15-11-7-9-13-17-26-20(23)24)14-10-6-4-3-5-8-12-16-25-19(21)22/h6,10,18H,2-5,7-9,11-17H2,1H3,(H,21,22)(H,23,24). The summed E-state index contributed by atoms with van der Waals surface area (Å²) in [6.07, 6.45) is 15.0. The van der Waals surface area contributed by atoms with Gasteiger partial charge in [0.15, 0.2) is 0 Å². The summed E-state index contributed by atoms with van der Waals surface area (Å²) in [4.78, 5) is 20.4. The zero-order valence-corrected chi connectivity index (χ0v) is 16.2. The summed E-state index contributed by atoms with van der Waals surface area (Å²) in [5, 5.41) is 16.7. The van der Waals surface area contributed by atoms with Crippen LogP contribution in [0.4, 0.5) is 9.59 Å². The number of rotatable bonds is 17. The molecule has 0 fully saturated rings. The first-order valence-corrected chi connectivity index (χ1v) is 9.92. The molecule has 0 aromatic carbocycles. The first-order valence-electron chi connectivity index (χ1n) is 9.92. The Bertz CT molecular complexity index is 380. The molecule has 0 bridgehead atoms. The fourth-order valence-electron chi connectivity index (χ4n) is 2.82. The van der Waals surface area contributed by atoms with Crippen LogP contribution in [-0.2, 0) is 9.47 Å². The SMILES string of the molecule is CCC(CC=CCCCCCCOC(=O)O)CCCCCCOC(=O)O. The summed E-state index contributed by atoms with van der Waals surface area (Å²) in [6, 6.07) is 0. The molecule has 6 nitrogen and oxygen atoms in total. The minimum absolute atomic E-state index is 0.302. The molecule has 0 aliphatic rings. The lowest BCUT2D eigenvalue weighted by Crippen LogP contribution is -2.01.